The lowest BCUT2D eigenvalue weighted by molar-refractivity contribution is 0.0783. The zero-order chi connectivity index (χ0) is 14.0. The number of nitrogens with zero attached hydrogens (tertiary/aromatic N) is 2. The van der Waals surface area contributed by atoms with Gasteiger partial charge in [0, 0.05) is 18.0 Å². The highest BCUT2D eigenvalue weighted by Crippen LogP contribution is 2.14. The van der Waals surface area contributed by atoms with Crippen LogP contribution in [0.1, 0.15) is 26.6 Å². The Bertz CT molecular complexity index is 609. The maximum absolute atomic E-state index is 13.2. The van der Waals surface area contributed by atoms with Gasteiger partial charge in [0.25, 0.3) is 5.91 Å². The standard InChI is InChI=1S/C14H15FN2OS/c1-9-6-11(4-5-13(9)15)14(18)17(3)7-12-8-19-10(2)16-12/h4-6,8H,7H2,1-3H3. The molecule has 19 heavy (non-hydrogen) atoms. The topological polar surface area (TPSA) is 33.2 Å². The summed E-state index contributed by atoms with van der Waals surface area (Å²) >= 11 is 1.56. The van der Waals surface area contributed by atoms with Gasteiger partial charge in [-0.25, -0.2) is 9.37 Å². The molecule has 0 aliphatic heterocycles. The maximum Gasteiger partial charge on any atom is 0.253 e. The summed E-state index contributed by atoms with van der Waals surface area (Å²) in [6.07, 6.45) is 0. The van der Waals surface area contributed by atoms with Gasteiger partial charge in [-0.15, -0.1) is 11.3 Å². The van der Waals surface area contributed by atoms with Gasteiger partial charge in [0.2, 0.25) is 0 Å². The molecule has 0 unspecified atom stereocenters. The van der Waals surface area contributed by atoms with Crippen LogP contribution in [0.5, 0.6) is 0 Å². The van der Waals surface area contributed by atoms with Crippen LogP contribution in [0.2, 0.25) is 0 Å². The minimum absolute atomic E-state index is 0.131. The van der Waals surface area contributed by atoms with Gasteiger partial charge in [0.15, 0.2) is 0 Å². The van der Waals surface area contributed by atoms with Crippen LogP contribution in [0, 0.1) is 19.7 Å². The highest BCUT2D eigenvalue weighted by Gasteiger charge is 2.14. The Labute approximate surface area is 115 Å². The van der Waals surface area contributed by atoms with Crippen LogP contribution in [0.3, 0.4) is 0 Å². The molecule has 3 nitrogen and oxygen atoms in total. The van der Waals surface area contributed by atoms with Crippen LogP contribution in [0.4, 0.5) is 4.39 Å². The lowest BCUT2D eigenvalue weighted by Crippen LogP contribution is -2.26. The average Bonchev–Trinajstić information content (AvgIpc) is 2.77. The molecule has 0 aliphatic rings. The summed E-state index contributed by atoms with van der Waals surface area (Å²) in [5.74, 6) is -0.428. The number of aryl methyl sites for hydroxylation is 2. The second-order valence-corrected chi connectivity index (χ2v) is 5.55. The Hall–Kier alpha value is -1.75. The Balaban J connectivity index is 2.12. The minimum atomic E-state index is -0.297. The maximum atomic E-state index is 13.2. The van der Waals surface area contributed by atoms with E-state index in [0.717, 1.165) is 10.7 Å². The predicted molar refractivity (Wildman–Crippen MR) is 73.8 cm³/mol. The molecule has 0 saturated carbocycles. The van der Waals surface area contributed by atoms with Crippen molar-refractivity contribution in [3.8, 4) is 0 Å². The summed E-state index contributed by atoms with van der Waals surface area (Å²) < 4.78 is 13.2. The van der Waals surface area contributed by atoms with Crippen molar-refractivity contribution < 1.29 is 9.18 Å². The third-order valence-corrected chi connectivity index (χ3v) is 3.64. The van der Waals surface area contributed by atoms with Crippen LogP contribution >= 0.6 is 11.3 Å². The molecule has 1 aromatic heterocycles. The molecular formula is C14H15FN2OS. The van der Waals surface area contributed by atoms with Crippen molar-refractivity contribution in [1.29, 1.82) is 0 Å². The van der Waals surface area contributed by atoms with E-state index < -0.39 is 0 Å². The van der Waals surface area contributed by atoms with Crippen molar-refractivity contribution in [1.82, 2.24) is 9.88 Å². The van der Waals surface area contributed by atoms with Gasteiger partial charge in [0.05, 0.1) is 17.2 Å². The smallest absolute Gasteiger partial charge is 0.253 e. The first-order chi connectivity index (χ1) is 8.97. The number of rotatable bonds is 3. The van der Waals surface area contributed by atoms with Gasteiger partial charge in [-0.05, 0) is 37.6 Å². The molecule has 1 aromatic carbocycles. The fraction of sp³-hybridized carbons (Fsp3) is 0.286. The monoisotopic (exact) mass is 278 g/mol. The Kier molecular flexibility index (Phi) is 3.95. The normalized spacial score (nSPS) is 10.5. The molecule has 0 N–H and O–H groups in total. The SMILES string of the molecule is Cc1nc(CN(C)C(=O)c2ccc(F)c(C)c2)cs1. The fourth-order valence-electron chi connectivity index (χ4n) is 1.79. The van der Waals surface area contributed by atoms with E-state index in [1.165, 1.54) is 12.1 Å². The number of hydrogen-bond donors (Lipinski definition) is 0. The van der Waals surface area contributed by atoms with Gasteiger partial charge in [-0.2, -0.15) is 0 Å². The summed E-state index contributed by atoms with van der Waals surface area (Å²) in [5.41, 5.74) is 1.84. The molecular weight excluding hydrogens is 263 g/mol. The van der Waals surface area contributed by atoms with Crippen LogP contribution in [-0.2, 0) is 6.54 Å². The Morgan fingerprint density at radius 3 is 2.74 bits per heavy atom. The lowest BCUT2D eigenvalue weighted by Gasteiger charge is -2.16. The Morgan fingerprint density at radius 2 is 2.16 bits per heavy atom. The van der Waals surface area contributed by atoms with E-state index >= 15 is 0 Å². The molecule has 0 bridgehead atoms. The Morgan fingerprint density at radius 1 is 1.42 bits per heavy atom. The van der Waals surface area contributed by atoms with Crippen molar-refractivity contribution in [3.63, 3.8) is 0 Å². The molecule has 0 aliphatic carbocycles. The molecule has 2 rings (SSSR count). The van der Waals surface area contributed by atoms with Gasteiger partial charge in [-0.3, -0.25) is 4.79 Å². The van der Waals surface area contributed by atoms with Gasteiger partial charge < -0.3 is 4.90 Å². The van der Waals surface area contributed by atoms with Crippen molar-refractivity contribution in [2.75, 3.05) is 7.05 Å². The van der Waals surface area contributed by atoms with Gasteiger partial charge in [0.1, 0.15) is 5.82 Å². The average molecular weight is 278 g/mol. The zero-order valence-electron chi connectivity index (χ0n) is 11.1. The predicted octanol–water partition coefficient (Wildman–Crippen LogP) is 3.17. The second-order valence-electron chi connectivity index (χ2n) is 4.48. The number of thiazole rings is 1. The van der Waals surface area contributed by atoms with Crippen LogP contribution < -0.4 is 0 Å². The summed E-state index contributed by atoms with van der Waals surface area (Å²) in [6, 6.07) is 4.40. The van der Waals surface area contributed by atoms with Crippen molar-refractivity contribution in [2.45, 2.75) is 20.4 Å². The van der Waals surface area contributed by atoms with E-state index in [9.17, 15) is 9.18 Å². The third kappa shape index (κ3) is 3.17. The number of carbonyl (C=O) groups is 1. The number of amides is 1. The molecule has 0 saturated heterocycles. The zero-order valence-corrected chi connectivity index (χ0v) is 11.9. The number of benzene rings is 1. The first-order valence-electron chi connectivity index (χ1n) is 5.90. The molecule has 5 heteroatoms. The van der Waals surface area contributed by atoms with Crippen LogP contribution in [-0.4, -0.2) is 22.8 Å². The van der Waals surface area contributed by atoms with E-state index in [2.05, 4.69) is 4.98 Å². The van der Waals surface area contributed by atoms with Crippen LogP contribution in [0.25, 0.3) is 0 Å². The number of aromatic nitrogens is 1. The third-order valence-electron chi connectivity index (χ3n) is 2.82. The highest BCUT2D eigenvalue weighted by atomic mass is 32.1. The number of hydrogen-bond acceptors (Lipinski definition) is 3. The minimum Gasteiger partial charge on any atom is -0.336 e. The van der Waals surface area contributed by atoms with Crippen molar-refractivity contribution >= 4 is 17.2 Å². The van der Waals surface area contributed by atoms with E-state index in [1.54, 1.807) is 36.3 Å². The highest BCUT2D eigenvalue weighted by molar-refractivity contribution is 7.09. The van der Waals surface area contributed by atoms with Gasteiger partial charge >= 0.3 is 0 Å². The largest absolute Gasteiger partial charge is 0.336 e. The van der Waals surface area contributed by atoms with Crippen LogP contribution in [0.15, 0.2) is 23.6 Å². The quantitative estimate of drug-likeness (QED) is 0.864. The summed E-state index contributed by atoms with van der Waals surface area (Å²) in [7, 11) is 1.72. The van der Waals surface area contributed by atoms with E-state index in [0.29, 0.717) is 17.7 Å². The molecule has 0 spiro atoms. The lowest BCUT2D eigenvalue weighted by atomic mass is 10.1. The summed E-state index contributed by atoms with van der Waals surface area (Å²) in [6.45, 7) is 4.04. The van der Waals surface area contributed by atoms with Crippen molar-refractivity contribution in [3.05, 3.63) is 51.2 Å². The van der Waals surface area contributed by atoms with Crippen molar-refractivity contribution in [2.24, 2.45) is 0 Å². The van der Waals surface area contributed by atoms with E-state index in [4.69, 9.17) is 0 Å². The first kappa shape index (κ1) is 13.7. The molecule has 100 valence electrons. The summed E-state index contributed by atoms with van der Waals surface area (Å²) in [4.78, 5) is 18.1. The van der Waals surface area contributed by atoms with Gasteiger partial charge in [-0.1, -0.05) is 0 Å². The fourth-order valence-corrected chi connectivity index (χ4v) is 2.40. The number of carbonyl (C=O) groups excluding carboxylic acids is 1. The molecule has 2 aromatic rings. The first-order valence-corrected chi connectivity index (χ1v) is 6.78. The molecule has 1 amide bonds. The van der Waals surface area contributed by atoms with E-state index in [-0.39, 0.29) is 11.7 Å². The molecule has 0 fully saturated rings. The molecule has 0 radical (unpaired) electrons. The number of halogens is 1. The van der Waals surface area contributed by atoms with E-state index in [1.807, 2.05) is 12.3 Å². The molecule has 1 heterocycles. The second kappa shape index (κ2) is 5.48. The summed E-state index contributed by atoms with van der Waals surface area (Å²) in [5, 5.41) is 2.92. The molecule has 0 atom stereocenters.